The Morgan fingerprint density at radius 2 is 1.93 bits per heavy atom. The molecule has 0 saturated carbocycles. The van der Waals surface area contributed by atoms with Gasteiger partial charge in [0.25, 0.3) is 11.5 Å². The number of carbonyl (C=O) groups is 1. The van der Waals surface area contributed by atoms with Crippen molar-refractivity contribution in [1.82, 2.24) is 14.6 Å². The summed E-state index contributed by atoms with van der Waals surface area (Å²) in [7, 11) is 1.23. The SMILES string of the molecule is CC.CCn1c(Nc2ccc(C)cc2F)c(C(=O)NOCCO)c(=O)n(C)c1=O. The third kappa shape index (κ3) is 5.52. The van der Waals surface area contributed by atoms with Gasteiger partial charge in [-0.3, -0.25) is 23.6 Å². The van der Waals surface area contributed by atoms with Gasteiger partial charge in [-0.15, -0.1) is 0 Å². The first kappa shape index (κ1) is 24.1. The molecule has 0 aliphatic rings. The van der Waals surface area contributed by atoms with E-state index < -0.39 is 28.5 Å². The van der Waals surface area contributed by atoms with Crippen LogP contribution < -0.4 is 22.0 Å². The van der Waals surface area contributed by atoms with Crippen LogP contribution in [-0.4, -0.2) is 33.4 Å². The lowest BCUT2D eigenvalue weighted by molar-refractivity contribution is 0.0167. The predicted molar refractivity (Wildman–Crippen MR) is 108 cm³/mol. The topological polar surface area (TPSA) is 115 Å². The van der Waals surface area contributed by atoms with E-state index in [2.05, 4.69) is 5.32 Å². The highest BCUT2D eigenvalue weighted by Crippen LogP contribution is 2.22. The smallest absolute Gasteiger partial charge is 0.332 e. The Bertz CT molecular complexity index is 968. The summed E-state index contributed by atoms with van der Waals surface area (Å²) in [5.74, 6) is -1.69. The number of halogens is 1. The Morgan fingerprint density at radius 1 is 1.28 bits per heavy atom. The standard InChI is InChI=1S/C17H21FN4O5.C2H6/c1-4-22-14(19-12-6-5-10(2)9-11(12)18)13(15(24)20-27-8-7-23)16(25)21(3)17(22)26;1-2/h5-6,9,19,23H,4,7-8H2,1-3H3,(H,20,24);1-2H3. The molecule has 3 N–H and O–H groups in total. The van der Waals surface area contributed by atoms with E-state index in [4.69, 9.17) is 9.94 Å². The summed E-state index contributed by atoms with van der Waals surface area (Å²) in [4.78, 5) is 42.1. The third-order valence-corrected chi connectivity index (χ3v) is 3.82. The number of nitrogens with zero attached hydrogens (tertiary/aromatic N) is 2. The number of hydrogen-bond acceptors (Lipinski definition) is 6. The first-order valence-corrected chi connectivity index (χ1v) is 9.21. The second-order valence-corrected chi connectivity index (χ2v) is 5.73. The minimum Gasteiger partial charge on any atom is -0.394 e. The Balaban J connectivity index is 0.00000204. The Hall–Kier alpha value is -2.98. The average Bonchev–Trinajstić information content (AvgIpc) is 2.70. The van der Waals surface area contributed by atoms with Crippen molar-refractivity contribution in [1.29, 1.82) is 0 Å². The van der Waals surface area contributed by atoms with Crippen LogP contribution in [0.4, 0.5) is 15.9 Å². The molecule has 1 heterocycles. The molecule has 0 unspecified atom stereocenters. The highest BCUT2D eigenvalue weighted by molar-refractivity contribution is 5.98. The third-order valence-electron chi connectivity index (χ3n) is 3.82. The largest absolute Gasteiger partial charge is 0.394 e. The first-order chi connectivity index (χ1) is 13.8. The molecule has 1 aromatic carbocycles. The van der Waals surface area contributed by atoms with E-state index in [1.165, 1.54) is 19.2 Å². The van der Waals surface area contributed by atoms with Crippen molar-refractivity contribution in [2.24, 2.45) is 7.05 Å². The normalized spacial score (nSPS) is 10.2. The second-order valence-electron chi connectivity index (χ2n) is 5.73. The zero-order valence-electron chi connectivity index (χ0n) is 17.2. The highest BCUT2D eigenvalue weighted by atomic mass is 19.1. The maximum Gasteiger partial charge on any atom is 0.332 e. The number of aliphatic hydroxyl groups excluding tert-OH is 1. The molecule has 0 aliphatic carbocycles. The first-order valence-electron chi connectivity index (χ1n) is 9.21. The average molecular weight is 410 g/mol. The molecule has 29 heavy (non-hydrogen) atoms. The predicted octanol–water partition coefficient (Wildman–Crippen LogP) is 1.44. The quantitative estimate of drug-likeness (QED) is 0.470. The van der Waals surface area contributed by atoms with Gasteiger partial charge in [0, 0.05) is 13.6 Å². The number of aromatic nitrogens is 2. The van der Waals surface area contributed by atoms with E-state index >= 15 is 0 Å². The van der Waals surface area contributed by atoms with Gasteiger partial charge in [0.1, 0.15) is 17.2 Å². The molecule has 0 saturated heterocycles. The van der Waals surface area contributed by atoms with E-state index in [1.54, 1.807) is 19.9 Å². The lowest BCUT2D eigenvalue weighted by Crippen LogP contribution is -2.44. The summed E-state index contributed by atoms with van der Waals surface area (Å²) < 4.78 is 16.2. The van der Waals surface area contributed by atoms with E-state index in [0.717, 1.165) is 9.13 Å². The number of aryl methyl sites for hydroxylation is 1. The molecule has 160 valence electrons. The van der Waals surface area contributed by atoms with E-state index in [1.807, 2.05) is 19.3 Å². The van der Waals surface area contributed by atoms with Crippen LogP contribution in [0.25, 0.3) is 0 Å². The van der Waals surface area contributed by atoms with Crippen molar-refractivity contribution in [2.75, 3.05) is 18.5 Å². The number of rotatable bonds is 7. The van der Waals surface area contributed by atoms with Gasteiger partial charge < -0.3 is 10.4 Å². The molecule has 1 amide bonds. The minimum atomic E-state index is -0.929. The second kappa shape index (κ2) is 11.1. The zero-order valence-corrected chi connectivity index (χ0v) is 17.2. The lowest BCUT2D eigenvalue weighted by atomic mass is 10.2. The summed E-state index contributed by atoms with van der Waals surface area (Å²) >= 11 is 0. The van der Waals surface area contributed by atoms with E-state index in [9.17, 15) is 18.8 Å². The van der Waals surface area contributed by atoms with Crippen LogP contribution in [-0.2, 0) is 18.4 Å². The molecular formula is C19H27FN4O5. The number of hydroxylamine groups is 1. The molecule has 0 fully saturated rings. The monoisotopic (exact) mass is 410 g/mol. The van der Waals surface area contributed by atoms with Crippen LogP contribution in [0.1, 0.15) is 36.7 Å². The molecule has 10 heteroatoms. The molecule has 0 aliphatic heterocycles. The fourth-order valence-electron chi connectivity index (χ4n) is 2.46. The lowest BCUT2D eigenvalue weighted by Gasteiger charge is -2.18. The minimum absolute atomic E-state index is 0.000722. The van der Waals surface area contributed by atoms with E-state index in [-0.39, 0.29) is 31.3 Å². The van der Waals surface area contributed by atoms with Gasteiger partial charge in [-0.2, -0.15) is 0 Å². The molecule has 1 aromatic heterocycles. The molecule has 2 rings (SSSR count). The number of amides is 1. The van der Waals surface area contributed by atoms with Gasteiger partial charge in [-0.1, -0.05) is 19.9 Å². The van der Waals surface area contributed by atoms with Crippen molar-refractivity contribution in [3.05, 3.63) is 56.0 Å². The number of nitrogens with one attached hydrogen (secondary N) is 2. The zero-order chi connectivity index (χ0) is 22.1. The summed E-state index contributed by atoms with van der Waals surface area (Å²) in [6.45, 7) is 6.96. The highest BCUT2D eigenvalue weighted by Gasteiger charge is 2.24. The van der Waals surface area contributed by atoms with Crippen molar-refractivity contribution in [3.8, 4) is 0 Å². The summed E-state index contributed by atoms with van der Waals surface area (Å²) in [5, 5.41) is 11.4. The van der Waals surface area contributed by atoms with Gasteiger partial charge >= 0.3 is 5.69 Å². The summed E-state index contributed by atoms with van der Waals surface area (Å²) in [6.07, 6.45) is 0. The number of anilines is 2. The van der Waals surface area contributed by atoms with Crippen molar-refractivity contribution in [2.45, 2.75) is 34.2 Å². The molecular weight excluding hydrogens is 383 g/mol. The number of aliphatic hydroxyl groups is 1. The van der Waals surface area contributed by atoms with Gasteiger partial charge in [0.05, 0.1) is 18.9 Å². The van der Waals surface area contributed by atoms with Crippen LogP contribution >= 0.6 is 0 Å². The summed E-state index contributed by atoms with van der Waals surface area (Å²) in [5.41, 5.74) is 0.762. The van der Waals surface area contributed by atoms with E-state index in [0.29, 0.717) is 5.56 Å². The number of hydrogen-bond donors (Lipinski definition) is 3. The molecule has 0 radical (unpaired) electrons. The van der Waals surface area contributed by atoms with Gasteiger partial charge in [-0.05, 0) is 31.5 Å². The maximum atomic E-state index is 14.2. The van der Waals surface area contributed by atoms with Gasteiger partial charge in [0.2, 0.25) is 0 Å². The Labute approximate surface area is 167 Å². The molecule has 9 nitrogen and oxygen atoms in total. The Kier molecular flexibility index (Phi) is 9.23. The van der Waals surface area contributed by atoms with Crippen molar-refractivity contribution in [3.63, 3.8) is 0 Å². The fourth-order valence-corrected chi connectivity index (χ4v) is 2.46. The van der Waals surface area contributed by atoms with Crippen molar-refractivity contribution < 1.29 is 19.1 Å². The number of carbonyl (C=O) groups excluding carboxylic acids is 1. The van der Waals surface area contributed by atoms with Gasteiger partial charge in [0.15, 0.2) is 0 Å². The van der Waals surface area contributed by atoms with Crippen LogP contribution in [0.15, 0.2) is 27.8 Å². The number of benzene rings is 1. The maximum absolute atomic E-state index is 14.2. The molecule has 0 bridgehead atoms. The molecule has 0 atom stereocenters. The molecule has 0 spiro atoms. The van der Waals surface area contributed by atoms with Crippen molar-refractivity contribution >= 4 is 17.4 Å². The van der Waals surface area contributed by atoms with Crippen LogP contribution in [0.3, 0.4) is 0 Å². The van der Waals surface area contributed by atoms with Crippen LogP contribution in [0.5, 0.6) is 0 Å². The van der Waals surface area contributed by atoms with Gasteiger partial charge in [-0.25, -0.2) is 14.7 Å². The van der Waals surface area contributed by atoms with Crippen LogP contribution in [0, 0.1) is 12.7 Å². The fraction of sp³-hybridized carbons (Fsp3) is 0.421. The Morgan fingerprint density at radius 3 is 2.48 bits per heavy atom. The molecule has 2 aromatic rings. The van der Waals surface area contributed by atoms with Crippen LogP contribution in [0.2, 0.25) is 0 Å². The summed E-state index contributed by atoms with van der Waals surface area (Å²) in [6, 6.07) is 4.36.